The summed E-state index contributed by atoms with van der Waals surface area (Å²) in [5, 5.41) is 21.0. The lowest BCUT2D eigenvalue weighted by Gasteiger charge is -2.18. The Morgan fingerprint density at radius 3 is 2.58 bits per heavy atom. The van der Waals surface area contributed by atoms with Gasteiger partial charge in [0.2, 0.25) is 0 Å². The monoisotopic (exact) mass is 258 g/mol. The molecule has 0 fully saturated rings. The number of hydrogen-bond acceptors (Lipinski definition) is 3. The zero-order valence-corrected chi connectivity index (χ0v) is 11.3. The van der Waals surface area contributed by atoms with Gasteiger partial charge >= 0.3 is 7.12 Å². The van der Waals surface area contributed by atoms with E-state index in [-0.39, 0.29) is 6.10 Å². The Bertz CT molecular complexity index is 554. The molecule has 0 saturated carbocycles. The Balaban J connectivity index is 2.45. The van der Waals surface area contributed by atoms with Crippen LogP contribution in [0.2, 0.25) is 0 Å². The van der Waals surface area contributed by atoms with Crippen molar-refractivity contribution in [2.45, 2.75) is 32.8 Å². The van der Waals surface area contributed by atoms with Crippen molar-refractivity contribution < 1.29 is 14.8 Å². The van der Waals surface area contributed by atoms with E-state index in [9.17, 15) is 10.0 Å². The Hall–Kier alpha value is -1.52. The lowest BCUT2D eigenvalue weighted by molar-refractivity contribution is 0.211. The highest BCUT2D eigenvalue weighted by Gasteiger charge is 2.21. The van der Waals surface area contributed by atoms with E-state index in [1.165, 1.54) is 0 Å². The molecule has 100 valence electrons. The molecule has 19 heavy (non-hydrogen) atoms. The van der Waals surface area contributed by atoms with Gasteiger partial charge in [-0.1, -0.05) is 43.7 Å². The van der Waals surface area contributed by atoms with E-state index < -0.39 is 7.12 Å². The molecular formula is C15H19BO3. The van der Waals surface area contributed by atoms with Gasteiger partial charge < -0.3 is 14.8 Å². The molecule has 2 aromatic rings. The fourth-order valence-corrected chi connectivity index (χ4v) is 2.33. The molecule has 0 radical (unpaired) electrons. The van der Waals surface area contributed by atoms with Gasteiger partial charge in [-0.2, -0.15) is 0 Å². The van der Waals surface area contributed by atoms with Crippen LogP contribution in [0.4, 0.5) is 0 Å². The van der Waals surface area contributed by atoms with Crippen molar-refractivity contribution in [1.29, 1.82) is 0 Å². The van der Waals surface area contributed by atoms with Gasteiger partial charge in [-0.05, 0) is 30.2 Å². The van der Waals surface area contributed by atoms with Crippen LogP contribution >= 0.6 is 0 Å². The quantitative estimate of drug-likeness (QED) is 0.807. The molecule has 0 aliphatic carbocycles. The average Bonchev–Trinajstić information content (AvgIpc) is 2.38. The molecule has 0 saturated heterocycles. The maximum absolute atomic E-state index is 9.62. The molecule has 0 bridgehead atoms. The van der Waals surface area contributed by atoms with Gasteiger partial charge in [0.25, 0.3) is 0 Å². The fourth-order valence-electron chi connectivity index (χ4n) is 2.33. The zero-order valence-electron chi connectivity index (χ0n) is 11.3. The molecule has 0 spiro atoms. The Kier molecular flexibility index (Phi) is 4.45. The highest BCUT2D eigenvalue weighted by atomic mass is 16.5. The van der Waals surface area contributed by atoms with Crippen LogP contribution in [-0.2, 0) is 0 Å². The number of rotatable bonds is 5. The fraction of sp³-hybridized carbons (Fsp3) is 0.333. The third kappa shape index (κ3) is 3.08. The number of ether oxygens (including phenoxy) is 1. The number of benzene rings is 2. The van der Waals surface area contributed by atoms with Crippen molar-refractivity contribution in [1.82, 2.24) is 0 Å². The van der Waals surface area contributed by atoms with Crippen LogP contribution in [-0.4, -0.2) is 23.3 Å². The lowest BCUT2D eigenvalue weighted by Crippen LogP contribution is -2.33. The zero-order chi connectivity index (χ0) is 13.8. The minimum atomic E-state index is -1.53. The van der Waals surface area contributed by atoms with Crippen LogP contribution in [0.5, 0.6) is 5.75 Å². The largest absolute Gasteiger partial charge is 0.492 e. The second-order valence-electron chi connectivity index (χ2n) is 4.79. The van der Waals surface area contributed by atoms with Crippen LogP contribution in [0.15, 0.2) is 36.4 Å². The maximum atomic E-state index is 9.62. The molecule has 0 aromatic heterocycles. The molecule has 2 aromatic carbocycles. The summed E-state index contributed by atoms with van der Waals surface area (Å²) in [5.74, 6) is 0.551. The van der Waals surface area contributed by atoms with Gasteiger partial charge in [-0.15, -0.1) is 0 Å². The van der Waals surface area contributed by atoms with Gasteiger partial charge in [0.1, 0.15) is 5.75 Å². The van der Waals surface area contributed by atoms with Crippen LogP contribution in [0.25, 0.3) is 10.8 Å². The van der Waals surface area contributed by atoms with E-state index in [1.54, 1.807) is 0 Å². The highest BCUT2D eigenvalue weighted by Crippen LogP contribution is 2.20. The molecule has 1 unspecified atom stereocenters. The molecule has 0 aliphatic heterocycles. The minimum Gasteiger partial charge on any atom is -0.491 e. The summed E-state index contributed by atoms with van der Waals surface area (Å²) in [5.41, 5.74) is 0.445. The summed E-state index contributed by atoms with van der Waals surface area (Å²) < 4.78 is 5.84. The third-order valence-corrected chi connectivity index (χ3v) is 3.21. The van der Waals surface area contributed by atoms with Crippen molar-refractivity contribution in [3.05, 3.63) is 36.4 Å². The second kappa shape index (κ2) is 6.09. The molecule has 0 heterocycles. The molecule has 4 heteroatoms. The Labute approximate surface area is 114 Å². The topological polar surface area (TPSA) is 49.7 Å². The van der Waals surface area contributed by atoms with E-state index >= 15 is 0 Å². The normalized spacial score (nSPS) is 12.4. The van der Waals surface area contributed by atoms with Crippen LogP contribution < -0.4 is 10.2 Å². The van der Waals surface area contributed by atoms with Gasteiger partial charge in [0, 0.05) is 5.46 Å². The van der Waals surface area contributed by atoms with Gasteiger partial charge in [0.05, 0.1) is 6.10 Å². The maximum Gasteiger partial charge on any atom is 0.492 e. The van der Waals surface area contributed by atoms with Gasteiger partial charge in [0.15, 0.2) is 0 Å². The smallest absolute Gasteiger partial charge is 0.491 e. The van der Waals surface area contributed by atoms with Crippen molar-refractivity contribution in [3.63, 3.8) is 0 Å². The summed E-state index contributed by atoms with van der Waals surface area (Å²) in [6, 6.07) is 11.4. The summed E-state index contributed by atoms with van der Waals surface area (Å²) in [6.07, 6.45) is 2.03. The molecule has 1 atom stereocenters. The SMILES string of the molecule is CCCC(C)Oc1ccc2ccccc2c1B(O)O. The second-order valence-corrected chi connectivity index (χ2v) is 4.79. The third-order valence-electron chi connectivity index (χ3n) is 3.21. The van der Waals surface area contributed by atoms with Crippen molar-refractivity contribution in [2.24, 2.45) is 0 Å². The Morgan fingerprint density at radius 2 is 1.89 bits per heavy atom. The number of hydrogen-bond donors (Lipinski definition) is 2. The van der Waals surface area contributed by atoms with Crippen LogP contribution in [0.1, 0.15) is 26.7 Å². The predicted octanol–water partition coefficient (Wildman–Crippen LogP) is 2.09. The van der Waals surface area contributed by atoms with Crippen molar-refractivity contribution >= 4 is 23.4 Å². The predicted molar refractivity (Wildman–Crippen MR) is 78.8 cm³/mol. The highest BCUT2D eigenvalue weighted by molar-refractivity contribution is 6.63. The molecule has 3 nitrogen and oxygen atoms in total. The minimum absolute atomic E-state index is 0.0589. The summed E-state index contributed by atoms with van der Waals surface area (Å²) in [4.78, 5) is 0. The Morgan fingerprint density at radius 1 is 1.16 bits per heavy atom. The van der Waals surface area contributed by atoms with E-state index in [1.807, 2.05) is 43.3 Å². The first-order chi connectivity index (χ1) is 9.13. The molecule has 0 amide bonds. The van der Waals surface area contributed by atoms with Crippen LogP contribution in [0.3, 0.4) is 0 Å². The lowest BCUT2D eigenvalue weighted by atomic mass is 9.76. The molecule has 2 rings (SSSR count). The average molecular weight is 258 g/mol. The summed E-state index contributed by atoms with van der Waals surface area (Å²) >= 11 is 0. The first-order valence-corrected chi connectivity index (χ1v) is 6.68. The molecule has 0 aliphatic rings. The van der Waals surface area contributed by atoms with Crippen molar-refractivity contribution in [3.8, 4) is 5.75 Å². The van der Waals surface area contributed by atoms with E-state index in [0.29, 0.717) is 11.2 Å². The van der Waals surface area contributed by atoms with E-state index in [2.05, 4.69) is 6.92 Å². The number of fused-ring (bicyclic) bond motifs is 1. The standard InChI is InChI=1S/C15H19BO3/c1-3-6-11(2)19-14-10-9-12-7-4-5-8-13(12)15(14)16(17)18/h4-5,7-11,17-18H,3,6H2,1-2H3. The van der Waals surface area contributed by atoms with Crippen molar-refractivity contribution in [2.75, 3.05) is 0 Å². The first-order valence-electron chi connectivity index (χ1n) is 6.68. The van der Waals surface area contributed by atoms with E-state index in [4.69, 9.17) is 4.74 Å². The summed E-state index contributed by atoms with van der Waals surface area (Å²) in [6.45, 7) is 4.09. The van der Waals surface area contributed by atoms with Crippen LogP contribution in [0, 0.1) is 0 Å². The summed E-state index contributed by atoms with van der Waals surface area (Å²) in [7, 11) is -1.53. The van der Waals surface area contributed by atoms with Gasteiger partial charge in [-0.25, -0.2) is 0 Å². The first kappa shape index (κ1) is 13.9. The van der Waals surface area contributed by atoms with E-state index in [0.717, 1.165) is 23.6 Å². The van der Waals surface area contributed by atoms with Gasteiger partial charge in [-0.3, -0.25) is 0 Å². The molecule has 2 N–H and O–H groups in total. The molecular weight excluding hydrogens is 239 g/mol.